The lowest BCUT2D eigenvalue weighted by Gasteiger charge is -2.08. The van der Waals surface area contributed by atoms with E-state index in [1.54, 1.807) is 18.2 Å². The lowest BCUT2D eigenvalue weighted by atomic mass is 10.3. The van der Waals surface area contributed by atoms with E-state index in [0.29, 0.717) is 22.3 Å². The van der Waals surface area contributed by atoms with E-state index < -0.39 is 0 Å². The zero-order chi connectivity index (χ0) is 10.6. The van der Waals surface area contributed by atoms with Crippen LogP contribution in [0.5, 0.6) is 0 Å². The molecule has 1 aromatic rings. The van der Waals surface area contributed by atoms with Crippen LogP contribution in [0.1, 0.15) is 0 Å². The van der Waals surface area contributed by atoms with Crippen molar-refractivity contribution in [1.29, 1.82) is 0 Å². The van der Waals surface area contributed by atoms with Crippen LogP contribution >= 0.6 is 50.7 Å². The lowest BCUT2D eigenvalue weighted by molar-refractivity contribution is 1.34. The Kier molecular flexibility index (Phi) is 5.10. The summed E-state index contributed by atoms with van der Waals surface area (Å²) >= 11 is 20.6. The first kappa shape index (κ1) is 12.2. The SMILES string of the molecule is Cl/C=C/CNc1c(Cl)cc(Br)cc1Cl. The number of anilines is 1. The first-order valence-electron chi connectivity index (χ1n) is 3.79. The molecule has 1 nitrogen and oxygen atoms in total. The molecule has 0 radical (unpaired) electrons. The minimum absolute atomic E-state index is 0.576. The minimum Gasteiger partial charge on any atom is -0.379 e. The number of hydrogen-bond acceptors (Lipinski definition) is 1. The summed E-state index contributed by atoms with van der Waals surface area (Å²) in [6.07, 6.45) is 1.76. The highest BCUT2D eigenvalue weighted by molar-refractivity contribution is 9.10. The van der Waals surface area contributed by atoms with E-state index >= 15 is 0 Å². The van der Waals surface area contributed by atoms with Crippen LogP contribution in [0.25, 0.3) is 0 Å². The van der Waals surface area contributed by atoms with E-state index in [4.69, 9.17) is 34.8 Å². The van der Waals surface area contributed by atoms with Gasteiger partial charge in [-0.15, -0.1) is 0 Å². The van der Waals surface area contributed by atoms with Gasteiger partial charge in [0.05, 0.1) is 15.7 Å². The van der Waals surface area contributed by atoms with Crippen LogP contribution in [0, 0.1) is 0 Å². The van der Waals surface area contributed by atoms with Crippen LogP contribution in [0.15, 0.2) is 28.2 Å². The summed E-state index contributed by atoms with van der Waals surface area (Å²) in [5, 5.41) is 4.21. The van der Waals surface area contributed by atoms with E-state index in [2.05, 4.69) is 21.2 Å². The molecule has 0 fully saturated rings. The van der Waals surface area contributed by atoms with Gasteiger partial charge in [0, 0.05) is 16.6 Å². The predicted molar refractivity (Wildman–Crippen MR) is 67.6 cm³/mol. The fourth-order valence-electron chi connectivity index (χ4n) is 0.917. The summed E-state index contributed by atoms with van der Waals surface area (Å²) in [5.41, 5.74) is 2.15. The Morgan fingerprint density at radius 3 is 2.36 bits per heavy atom. The molecular formula is C9H7BrCl3N. The van der Waals surface area contributed by atoms with Gasteiger partial charge in [0.15, 0.2) is 0 Å². The van der Waals surface area contributed by atoms with Crippen molar-refractivity contribution in [2.45, 2.75) is 0 Å². The first-order chi connectivity index (χ1) is 6.65. The molecule has 14 heavy (non-hydrogen) atoms. The molecule has 0 heterocycles. The van der Waals surface area contributed by atoms with Gasteiger partial charge < -0.3 is 5.32 Å². The molecular weight excluding hydrogens is 308 g/mol. The van der Waals surface area contributed by atoms with Crippen LogP contribution in [-0.2, 0) is 0 Å². The summed E-state index contributed by atoms with van der Waals surface area (Å²) in [6.45, 7) is 0.588. The quantitative estimate of drug-likeness (QED) is 0.835. The highest BCUT2D eigenvalue weighted by Crippen LogP contribution is 2.33. The van der Waals surface area contributed by atoms with Gasteiger partial charge in [0.1, 0.15) is 0 Å². The molecule has 0 unspecified atom stereocenters. The number of hydrogen-bond donors (Lipinski definition) is 1. The molecule has 0 aliphatic carbocycles. The normalized spacial score (nSPS) is 10.9. The third-order valence-corrected chi connectivity index (χ3v) is 2.72. The van der Waals surface area contributed by atoms with Crippen molar-refractivity contribution in [2.24, 2.45) is 0 Å². The van der Waals surface area contributed by atoms with Crippen LogP contribution in [0.3, 0.4) is 0 Å². The molecule has 0 saturated heterocycles. The molecule has 0 atom stereocenters. The molecule has 0 saturated carbocycles. The largest absolute Gasteiger partial charge is 0.379 e. The lowest BCUT2D eigenvalue weighted by Crippen LogP contribution is -1.99. The molecule has 0 spiro atoms. The highest BCUT2D eigenvalue weighted by Gasteiger charge is 2.05. The number of benzene rings is 1. The molecule has 0 bridgehead atoms. The highest BCUT2D eigenvalue weighted by atomic mass is 79.9. The Balaban J connectivity index is 2.85. The molecule has 5 heteroatoms. The molecule has 0 aromatic heterocycles. The smallest absolute Gasteiger partial charge is 0.0722 e. The Hall–Kier alpha value is 0.110. The van der Waals surface area contributed by atoms with Gasteiger partial charge in [0.2, 0.25) is 0 Å². The number of nitrogens with one attached hydrogen (secondary N) is 1. The molecule has 0 aliphatic heterocycles. The van der Waals surface area contributed by atoms with Gasteiger partial charge >= 0.3 is 0 Å². The van der Waals surface area contributed by atoms with Crippen LogP contribution in [0.4, 0.5) is 5.69 Å². The maximum absolute atomic E-state index is 5.98. The van der Waals surface area contributed by atoms with Gasteiger partial charge in [-0.05, 0) is 12.1 Å². The molecule has 1 rings (SSSR count). The predicted octanol–water partition coefficient (Wildman–Crippen LogP) is 4.92. The second-order valence-corrected chi connectivity index (χ2v) is 4.47. The average molecular weight is 315 g/mol. The summed E-state index contributed by atoms with van der Waals surface area (Å²) in [7, 11) is 0. The minimum atomic E-state index is 0.576. The van der Waals surface area contributed by atoms with Crippen molar-refractivity contribution in [2.75, 3.05) is 11.9 Å². The third-order valence-electron chi connectivity index (χ3n) is 1.49. The summed E-state index contributed by atoms with van der Waals surface area (Å²) < 4.78 is 0.853. The zero-order valence-electron chi connectivity index (χ0n) is 7.03. The zero-order valence-corrected chi connectivity index (χ0v) is 10.9. The van der Waals surface area contributed by atoms with E-state index in [-0.39, 0.29) is 0 Å². The van der Waals surface area contributed by atoms with Crippen LogP contribution < -0.4 is 5.32 Å². The fraction of sp³-hybridized carbons (Fsp3) is 0.111. The maximum atomic E-state index is 5.98. The van der Waals surface area contributed by atoms with Crippen molar-refractivity contribution in [3.05, 3.63) is 38.3 Å². The topological polar surface area (TPSA) is 12.0 Å². The van der Waals surface area contributed by atoms with Gasteiger partial charge in [-0.1, -0.05) is 56.8 Å². The Labute approximate surface area is 106 Å². The Bertz CT molecular complexity index is 329. The second-order valence-electron chi connectivity index (χ2n) is 2.49. The van der Waals surface area contributed by atoms with Gasteiger partial charge in [-0.3, -0.25) is 0 Å². The maximum Gasteiger partial charge on any atom is 0.0722 e. The molecule has 0 aliphatic rings. The standard InChI is InChI=1S/C9H7BrCl3N/c10-6-4-7(12)9(8(13)5-6)14-3-1-2-11/h1-2,4-5,14H,3H2/b2-1+. The Morgan fingerprint density at radius 1 is 1.29 bits per heavy atom. The van der Waals surface area contributed by atoms with Crippen molar-refractivity contribution in [3.8, 4) is 0 Å². The van der Waals surface area contributed by atoms with Crippen molar-refractivity contribution in [3.63, 3.8) is 0 Å². The third kappa shape index (κ3) is 3.35. The van der Waals surface area contributed by atoms with E-state index in [9.17, 15) is 0 Å². The van der Waals surface area contributed by atoms with E-state index in [1.165, 1.54) is 5.54 Å². The van der Waals surface area contributed by atoms with Gasteiger partial charge in [-0.2, -0.15) is 0 Å². The summed E-state index contributed by atoms with van der Waals surface area (Å²) in [5.74, 6) is 0. The summed E-state index contributed by atoms with van der Waals surface area (Å²) in [4.78, 5) is 0. The van der Waals surface area contributed by atoms with Crippen LogP contribution in [-0.4, -0.2) is 6.54 Å². The summed E-state index contributed by atoms with van der Waals surface area (Å²) in [6, 6.07) is 3.56. The molecule has 76 valence electrons. The first-order valence-corrected chi connectivity index (χ1v) is 5.77. The number of rotatable bonds is 3. The molecule has 1 N–H and O–H groups in total. The second kappa shape index (κ2) is 5.86. The van der Waals surface area contributed by atoms with Gasteiger partial charge in [-0.25, -0.2) is 0 Å². The number of halogens is 4. The van der Waals surface area contributed by atoms with E-state index in [0.717, 1.165) is 4.47 Å². The monoisotopic (exact) mass is 313 g/mol. The van der Waals surface area contributed by atoms with Crippen LogP contribution in [0.2, 0.25) is 10.0 Å². The van der Waals surface area contributed by atoms with Crippen molar-refractivity contribution < 1.29 is 0 Å². The fourth-order valence-corrected chi connectivity index (χ4v) is 2.35. The molecule has 1 aromatic carbocycles. The average Bonchev–Trinajstić information content (AvgIpc) is 2.09. The van der Waals surface area contributed by atoms with Crippen molar-refractivity contribution >= 4 is 56.4 Å². The Morgan fingerprint density at radius 2 is 1.86 bits per heavy atom. The molecule has 0 amide bonds. The van der Waals surface area contributed by atoms with Gasteiger partial charge in [0.25, 0.3) is 0 Å². The van der Waals surface area contributed by atoms with E-state index in [1.807, 2.05) is 0 Å². The van der Waals surface area contributed by atoms with Crippen molar-refractivity contribution in [1.82, 2.24) is 0 Å².